The van der Waals surface area contributed by atoms with Crippen molar-refractivity contribution >= 4 is 29.1 Å². The summed E-state index contributed by atoms with van der Waals surface area (Å²) >= 11 is 5.71. The largest absolute Gasteiger partial charge is 0.380 e. The molecule has 0 unspecified atom stereocenters. The molecule has 0 saturated heterocycles. The first kappa shape index (κ1) is 15.5. The van der Waals surface area contributed by atoms with Crippen molar-refractivity contribution < 1.29 is 14.6 Å². The van der Waals surface area contributed by atoms with Crippen LogP contribution < -0.4 is 5.73 Å². The molecule has 0 spiro atoms. The van der Waals surface area contributed by atoms with Crippen LogP contribution in [0, 0.1) is 10.1 Å². The number of hydrogen-bond donors (Lipinski definition) is 1. The average molecular weight is 320 g/mol. The number of carbonyl (C=O) groups excluding carboxylic acids is 1. The number of halogens is 1. The van der Waals surface area contributed by atoms with Gasteiger partial charge in [-0.1, -0.05) is 16.8 Å². The van der Waals surface area contributed by atoms with Gasteiger partial charge in [-0.05, 0) is 36.4 Å². The third kappa shape index (κ3) is 3.80. The first-order chi connectivity index (χ1) is 10.5. The summed E-state index contributed by atoms with van der Waals surface area (Å²) in [5.74, 6) is -0.765. The number of oxime groups is 1. The van der Waals surface area contributed by atoms with E-state index >= 15 is 0 Å². The number of nitrogens with zero attached hydrogens (tertiary/aromatic N) is 2. The molecule has 0 bridgehead atoms. The van der Waals surface area contributed by atoms with Gasteiger partial charge in [-0.25, -0.2) is 4.79 Å². The van der Waals surface area contributed by atoms with Crippen LogP contribution >= 0.6 is 11.6 Å². The minimum absolute atomic E-state index is 0.0720. The Morgan fingerprint density at radius 1 is 1.09 bits per heavy atom. The summed E-state index contributed by atoms with van der Waals surface area (Å²) in [4.78, 5) is 26.4. The normalized spacial score (nSPS) is 11.0. The van der Waals surface area contributed by atoms with Crippen LogP contribution in [0.25, 0.3) is 0 Å². The van der Waals surface area contributed by atoms with Gasteiger partial charge in [0.1, 0.15) is 0 Å². The molecular weight excluding hydrogens is 310 g/mol. The second kappa shape index (κ2) is 6.68. The van der Waals surface area contributed by atoms with Gasteiger partial charge >= 0.3 is 5.97 Å². The highest BCUT2D eigenvalue weighted by molar-refractivity contribution is 6.30. The summed E-state index contributed by atoms with van der Waals surface area (Å²) in [5.41, 5.74) is 6.25. The van der Waals surface area contributed by atoms with E-state index in [1.807, 2.05) is 0 Å². The fourth-order valence-electron chi connectivity index (χ4n) is 1.54. The summed E-state index contributed by atoms with van der Waals surface area (Å²) in [6, 6.07) is 11.4. The fraction of sp³-hybridized carbons (Fsp3) is 0. The molecule has 0 aromatic heterocycles. The molecule has 112 valence electrons. The van der Waals surface area contributed by atoms with E-state index in [2.05, 4.69) is 5.16 Å². The zero-order chi connectivity index (χ0) is 16.1. The van der Waals surface area contributed by atoms with Crippen molar-refractivity contribution in [2.24, 2.45) is 10.9 Å². The minimum atomic E-state index is -0.693. The summed E-state index contributed by atoms with van der Waals surface area (Å²) in [7, 11) is 0. The molecule has 2 aromatic rings. The molecule has 22 heavy (non-hydrogen) atoms. The molecule has 0 heterocycles. The SMILES string of the molecule is N/C(=N\OC(=O)c1ccc(Cl)cc1)c1ccc([N+](=O)[O-])cc1. The van der Waals surface area contributed by atoms with E-state index < -0.39 is 10.9 Å². The third-order valence-electron chi connectivity index (χ3n) is 2.68. The Labute approximate surface area is 130 Å². The van der Waals surface area contributed by atoms with E-state index in [-0.39, 0.29) is 17.1 Å². The predicted molar refractivity (Wildman–Crippen MR) is 80.7 cm³/mol. The number of hydrogen-bond acceptors (Lipinski definition) is 5. The van der Waals surface area contributed by atoms with Crippen molar-refractivity contribution in [3.8, 4) is 0 Å². The van der Waals surface area contributed by atoms with Crippen LogP contribution in [0.3, 0.4) is 0 Å². The Balaban J connectivity index is 2.07. The van der Waals surface area contributed by atoms with Crippen LogP contribution in [0.2, 0.25) is 5.02 Å². The minimum Gasteiger partial charge on any atom is -0.380 e. The molecule has 2 aromatic carbocycles. The van der Waals surface area contributed by atoms with Gasteiger partial charge in [-0.2, -0.15) is 0 Å². The van der Waals surface area contributed by atoms with Crippen molar-refractivity contribution in [2.45, 2.75) is 0 Å². The molecule has 0 aliphatic heterocycles. The van der Waals surface area contributed by atoms with Gasteiger partial charge in [0, 0.05) is 22.7 Å². The molecule has 0 saturated carbocycles. The maximum atomic E-state index is 11.7. The Hall–Kier alpha value is -2.93. The Morgan fingerprint density at radius 3 is 2.18 bits per heavy atom. The number of non-ortho nitro benzene ring substituents is 1. The van der Waals surface area contributed by atoms with Gasteiger partial charge in [-0.15, -0.1) is 0 Å². The van der Waals surface area contributed by atoms with Crippen LogP contribution in [-0.4, -0.2) is 16.7 Å². The molecule has 0 radical (unpaired) electrons. The topological polar surface area (TPSA) is 108 Å². The number of nitrogens with two attached hydrogens (primary N) is 1. The van der Waals surface area contributed by atoms with Crippen LogP contribution in [0.1, 0.15) is 15.9 Å². The van der Waals surface area contributed by atoms with Crippen molar-refractivity contribution in [2.75, 3.05) is 0 Å². The number of carbonyl (C=O) groups is 1. The highest BCUT2D eigenvalue weighted by Crippen LogP contribution is 2.13. The number of nitro benzene ring substituents is 1. The van der Waals surface area contributed by atoms with Crippen molar-refractivity contribution in [3.05, 3.63) is 74.8 Å². The number of amidine groups is 1. The molecule has 2 rings (SSSR count). The highest BCUT2D eigenvalue weighted by Gasteiger charge is 2.09. The average Bonchev–Trinajstić information content (AvgIpc) is 2.53. The number of benzene rings is 2. The van der Waals surface area contributed by atoms with E-state index in [1.54, 1.807) is 12.1 Å². The summed E-state index contributed by atoms with van der Waals surface area (Å²) in [6.45, 7) is 0. The second-order valence-electron chi connectivity index (χ2n) is 4.17. The Bertz CT molecular complexity index is 727. The van der Waals surface area contributed by atoms with E-state index in [0.717, 1.165) is 0 Å². The highest BCUT2D eigenvalue weighted by atomic mass is 35.5. The van der Waals surface area contributed by atoms with Gasteiger partial charge < -0.3 is 10.6 Å². The van der Waals surface area contributed by atoms with E-state index in [9.17, 15) is 14.9 Å². The van der Waals surface area contributed by atoms with Crippen molar-refractivity contribution in [1.82, 2.24) is 0 Å². The lowest BCUT2D eigenvalue weighted by molar-refractivity contribution is -0.384. The predicted octanol–water partition coefficient (Wildman–Crippen LogP) is 2.73. The molecule has 8 heteroatoms. The van der Waals surface area contributed by atoms with Crippen LogP contribution in [-0.2, 0) is 4.84 Å². The van der Waals surface area contributed by atoms with Gasteiger partial charge in [0.25, 0.3) is 5.69 Å². The molecule has 2 N–H and O–H groups in total. The van der Waals surface area contributed by atoms with Gasteiger partial charge in [-0.3, -0.25) is 10.1 Å². The lowest BCUT2D eigenvalue weighted by Gasteiger charge is -2.01. The monoisotopic (exact) mass is 319 g/mol. The fourth-order valence-corrected chi connectivity index (χ4v) is 1.66. The standard InChI is InChI=1S/C14H10ClN3O4/c15-11-5-1-10(2-6-11)14(19)22-17-13(16)9-3-7-12(8-4-9)18(20)21/h1-8H,(H2,16,17). The molecule has 7 nitrogen and oxygen atoms in total. The first-order valence-corrected chi connectivity index (χ1v) is 6.40. The van der Waals surface area contributed by atoms with Crippen molar-refractivity contribution in [3.63, 3.8) is 0 Å². The first-order valence-electron chi connectivity index (χ1n) is 6.02. The smallest absolute Gasteiger partial charge is 0.365 e. The Morgan fingerprint density at radius 2 is 1.64 bits per heavy atom. The molecular formula is C14H10ClN3O4. The summed E-state index contributed by atoms with van der Waals surface area (Å²) < 4.78 is 0. The van der Waals surface area contributed by atoms with Gasteiger partial charge in [0.2, 0.25) is 0 Å². The quantitative estimate of drug-likeness (QED) is 0.306. The van der Waals surface area contributed by atoms with E-state index in [1.165, 1.54) is 36.4 Å². The zero-order valence-electron chi connectivity index (χ0n) is 11.1. The van der Waals surface area contributed by atoms with Crippen LogP contribution in [0.4, 0.5) is 5.69 Å². The summed E-state index contributed by atoms with van der Waals surface area (Å²) in [5, 5.41) is 14.5. The van der Waals surface area contributed by atoms with E-state index in [4.69, 9.17) is 22.2 Å². The van der Waals surface area contributed by atoms with Gasteiger partial charge in [0.05, 0.1) is 10.5 Å². The maximum Gasteiger partial charge on any atom is 0.365 e. The molecule has 0 amide bonds. The zero-order valence-corrected chi connectivity index (χ0v) is 11.9. The van der Waals surface area contributed by atoms with Crippen LogP contribution in [0.15, 0.2) is 53.7 Å². The molecule has 0 aliphatic rings. The maximum absolute atomic E-state index is 11.7. The van der Waals surface area contributed by atoms with E-state index in [0.29, 0.717) is 10.6 Å². The summed E-state index contributed by atoms with van der Waals surface area (Å²) in [6.07, 6.45) is 0. The third-order valence-corrected chi connectivity index (χ3v) is 2.93. The molecule has 0 fully saturated rings. The number of rotatable bonds is 4. The molecule has 0 aliphatic carbocycles. The van der Waals surface area contributed by atoms with Gasteiger partial charge in [0.15, 0.2) is 5.84 Å². The lowest BCUT2D eigenvalue weighted by atomic mass is 10.2. The molecule has 0 atom stereocenters. The second-order valence-corrected chi connectivity index (χ2v) is 4.60. The van der Waals surface area contributed by atoms with Crippen molar-refractivity contribution in [1.29, 1.82) is 0 Å². The Kier molecular flexibility index (Phi) is 4.70. The lowest BCUT2D eigenvalue weighted by Crippen LogP contribution is -2.15. The van der Waals surface area contributed by atoms with Crippen LogP contribution in [0.5, 0.6) is 0 Å². The number of nitro groups is 1.